The highest BCUT2D eigenvalue weighted by Gasteiger charge is 2.45. The molecule has 0 spiro atoms. The predicted molar refractivity (Wildman–Crippen MR) is 82.0 cm³/mol. The number of hydrogen-bond acceptors (Lipinski definition) is 1. The third-order valence-electron chi connectivity index (χ3n) is 6.23. The molecule has 0 aromatic carbocycles. The first-order valence-corrected chi connectivity index (χ1v) is 8.90. The Morgan fingerprint density at radius 3 is 2.32 bits per heavy atom. The van der Waals surface area contributed by atoms with E-state index in [1.165, 1.54) is 51.4 Å². The second-order valence-corrected chi connectivity index (χ2v) is 7.12. The van der Waals surface area contributed by atoms with Crippen LogP contribution in [0.25, 0.3) is 0 Å². The molecule has 3 aliphatic rings. The molecular formula is C18H34O. The molecule has 3 fully saturated rings. The number of aliphatic hydroxyl groups excluding tert-OH is 1. The van der Waals surface area contributed by atoms with Crippen LogP contribution in [0.15, 0.2) is 0 Å². The standard InChI is InChI=1S/C16H28O.C2H6/c1-11-5-7-14-12(9-11)6-8-15-13(10-17)3-2-4-16(14)15;1-2/h11-17H,2-10H2,1H3;1-2H3. The topological polar surface area (TPSA) is 20.2 Å². The molecule has 3 aliphatic carbocycles. The van der Waals surface area contributed by atoms with Gasteiger partial charge < -0.3 is 5.11 Å². The van der Waals surface area contributed by atoms with Gasteiger partial charge in [-0.2, -0.15) is 0 Å². The Morgan fingerprint density at radius 2 is 1.58 bits per heavy atom. The average Bonchev–Trinajstić information content (AvgIpc) is 2.48. The largest absolute Gasteiger partial charge is 0.396 e. The van der Waals surface area contributed by atoms with Crippen molar-refractivity contribution in [2.75, 3.05) is 6.61 Å². The zero-order valence-electron chi connectivity index (χ0n) is 13.3. The molecule has 0 heterocycles. The van der Waals surface area contributed by atoms with Crippen molar-refractivity contribution in [3.63, 3.8) is 0 Å². The molecule has 0 aliphatic heterocycles. The lowest BCUT2D eigenvalue weighted by Gasteiger charge is -2.51. The van der Waals surface area contributed by atoms with E-state index < -0.39 is 0 Å². The number of fused-ring (bicyclic) bond motifs is 3. The maximum atomic E-state index is 9.57. The van der Waals surface area contributed by atoms with Crippen LogP contribution in [0.5, 0.6) is 0 Å². The molecule has 0 bridgehead atoms. The molecule has 1 nitrogen and oxygen atoms in total. The second kappa shape index (κ2) is 7.11. The lowest BCUT2D eigenvalue weighted by Crippen LogP contribution is -2.43. The Labute approximate surface area is 120 Å². The van der Waals surface area contributed by atoms with Crippen LogP contribution in [0.4, 0.5) is 0 Å². The summed E-state index contributed by atoms with van der Waals surface area (Å²) in [5.74, 6) is 5.55. The van der Waals surface area contributed by atoms with Crippen molar-refractivity contribution in [1.29, 1.82) is 0 Å². The van der Waals surface area contributed by atoms with Gasteiger partial charge in [-0.25, -0.2) is 0 Å². The van der Waals surface area contributed by atoms with Crippen molar-refractivity contribution >= 4 is 0 Å². The molecule has 1 heteroatoms. The third kappa shape index (κ3) is 3.17. The van der Waals surface area contributed by atoms with E-state index in [0.29, 0.717) is 12.5 Å². The van der Waals surface area contributed by atoms with Crippen molar-refractivity contribution in [2.24, 2.45) is 35.5 Å². The summed E-state index contributed by atoms with van der Waals surface area (Å²) in [5, 5.41) is 9.57. The maximum Gasteiger partial charge on any atom is 0.0462 e. The summed E-state index contributed by atoms with van der Waals surface area (Å²) in [4.78, 5) is 0. The fourth-order valence-corrected chi connectivity index (χ4v) is 5.43. The van der Waals surface area contributed by atoms with E-state index in [9.17, 15) is 5.11 Å². The Bertz CT molecular complexity index is 262. The zero-order valence-corrected chi connectivity index (χ0v) is 13.3. The first kappa shape index (κ1) is 15.4. The van der Waals surface area contributed by atoms with Crippen molar-refractivity contribution in [1.82, 2.24) is 0 Å². The van der Waals surface area contributed by atoms with Crippen LogP contribution in [0.3, 0.4) is 0 Å². The molecule has 112 valence electrons. The van der Waals surface area contributed by atoms with E-state index in [-0.39, 0.29) is 0 Å². The van der Waals surface area contributed by atoms with Gasteiger partial charge in [0.05, 0.1) is 0 Å². The van der Waals surface area contributed by atoms with Gasteiger partial charge in [0.15, 0.2) is 0 Å². The van der Waals surface area contributed by atoms with Crippen molar-refractivity contribution in [3.05, 3.63) is 0 Å². The minimum Gasteiger partial charge on any atom is -0.396 e. The fraction of sp³-hybridized carbons (Fsp3) is 1.00. The Morgan fingerprint density at radius 1 is 0.842 bits per heavy atom. The van der Waals surface area contributed by atoms with E-state index in [0.717, 1.165) is 29.6 Å². The highest BCUT2D eigenvalue weighted by molar-refractivity contribution is 4.94. The molecule has 3 saturated carbocycles. The first-order valence-electron chi connectivity index (χ1n) is 8.90. The predicted octanol–water partition coefficient (Wildman–Crippen LogP) is 4.88. The van der Waals surface area contributed by atoms with Gasteiger partial charge >= 0.3 is 0 Å². The third-order valence-corrected chi connectivity index (χ3v) is 6.23. The molecule has 0 saturated heterocycles. The molecule has 0 amide bonds. The normalized spacial score (nSPS) is 45.5. The summed E-state index contributed by atoms with van der Waals surface area (Å²) < 4.78 is 0. The Balaban J connectivity index is 0.000000637. The second-order valence-electron chi connectivity index (χ2n) is 7.12. The lowest BCUT2D eigenvalue weighted by molar-refractivity contribution is -0.0274. The molecular weight excluding hydrogens is 232 g/mol. The molecule has 0 aromatic heterocycles. The summed E-state index contributed by atoms with van der Waals surface area (Å²) in [6.45, 7) is 6.90. The van der Waals surface area contributed by atoms with E-state index in [2.05, 4.69) is 6.92 Å². The Hall–Kier alpha value is -0.0400. The number of aliphatic hydroxyl groups is 1. The summed E-state index contributed by atoms with van der Waals surface area (Å²) in [5.41, 5.74) is 0. The molecule has 1 N–H and O–H groups in total. The molecule has 6 atom stereocenters. The van der Waals surface area contributed by atoms with Gasteiger partial charge in [-0.1, -0.05) is 33.6 Å². The van der Waals surface area contributed by atoms with Crippen LogP contribution >= 0.6 is 0 Å². The molecule has 6 unspecified atom stereocenters. The summed E-state index contributed by atoms with van der Waals surface area (Å²) >= 11 is 0. The quantitative estimate of drug-likeness (QED) is 0.717. The van der Waals surface area contributed by atoms with Crippen LogP contribution in [-0.4, -0.2) is 11.7 Å². The first-order chi connectivity index (χ1) is 9.29. The van der Waals surface area contributed by atoms with E-state index in [1.807, 2.05) is 13.8 Å². The van der Waals surface area contributed by atoms with Gasteiger partial charge in [0, 0.05) is 6.61 Å². The van der Waals surface area contributed by atoms with Crippen molar-refractivity contribution in [3.8, 4) is 0 Å². The minimum atomic E-state index is 0.453. The van der Waals surface area contributed by atoms with Gasteiger partial charge in [0.1, 0.15) is 0 Å². The average molecular weight is 266 g/mol. The smallest absolute Gasteiger partial charge is 0.0462 e. The van der Waals surface area contributed by atoms with Crippen LogP contribution in [0.1, 0.15) is 72.1 Å². The number of rotatable bonds is 1. The summed E-state index contributed by atoms with van der Waals surface area (Å²) in [6.07, 6.45) is 11.5. The van der Waals surface area contributed by atoms with Gasteiger partial charge in [-0.05, 0) is 74.0 Å². The van der Waals surface area contributed by atoms with Crippen LogP contribution < -0.4 is 0 Å². The van der Waals surface area contributed by atoms with E-state index in [4.69, 9.17) is 0 Å². The highest BCUT2D eigenvalue weighted by atomic mass is 16.3. The summed E-state index contributed by atoms with van der Waals surface area (Å²) in [6, 6.07) is 0. The lowest BCUT2D eigenvalue weighted by atomic mass is 9.54. The van der Waals surface area contributed by atoms with Gasteiger partial charge in [0.2, 0.25) is 0 Å². The SMILES string of the molecule is CC.CC1CCC2C(CCC3C(CO)CCCC32)C1. The highest BCUT2D eigenvalue weighted by Crippen LogP contribution is 2.53. The molecule has 19 heavy (non-hydrogen) atoms. The van der Waals surface area contributed by atoms with Crippen molar-refractivity contribution < 1.29 is 5.11 Å². The molecule has 0 radical (unpaired) electrons. The van der Waals surface area contributed by atoms with Gasteiger partial charge in [-0.15, -0.1) is 0 Å². The molecule has 0 aromatic rings. The van der Waals surface area contributed by atoms with Gasteiger partial charge in [-0.3, -0.25) is 0 Å². The van der Waals surface area contributed by atoms with Crippen molar-refractivity contribution in [2.45, 2.75) is 72.1 Å². The number of hydrogen-bond donors (Lipinski definition) is 1. The zero-order chi connectivity index (χ0) is 13.8. The van der Waals surface area contributed by atoms with E-state index >= 15 is 0 Å². The van der Waals surface area contributed by atoms with E-state index in [1.54, 1.807) is 0 Å². The fourth-order valence-electron chi connectivity index (χ4n) is 5.43. The summed E-state index contributed by atoms with van der Waals surface area (Å²) in [7, 11) is 0. The van der Waals surface area contributed by atoms with Crippen LogP contribution in [0, 0.1) is 35.5 Å². The van der Waals surface area contributed by atoms with Gasteiger partial charge in [0.25, 0.3) is 0 Å². The van der Waals surface area contributed by atoms with Crippen LogP contribution in [0.2, 0.25) is 0 Å². The maximum absolute atomic E-state index is 9.57. The molecule has 3 rings (SSSR count). The van der Waals surface area contributed by atoms with Crippen LogP contribution in [-0.2, 0) is 0 Å². The monoisotopic (exact) mass is 266 g/mol. The Kier molecular flexibility index (Phi) is 5.74. The minimum absolute atomic E-state index is 0.453.